The van der Waals surface area contributed by atoms with Crippen LogP contribution in [0.3, 0.4) is 0 Å². The molecular weight excluding hydrogens is 597 g/mol. The first-order chi connectivity index (χ1) is 20.8. The van der Waals surface area contributed by atoms with Crippen molar-refractivity contribution in [3.05, 3.63) is 48.3 Å². The zero-order valence-corrected chi connectivity index (χ0v) is 22.2. The molecule has 0 radical (unpaired) electrons. The number of carboxylic acid groups (broad SMARTS) is 2. The van der Waals surface area contributed by atoms with Crippen LogP contribution in [0, 0.1) is 5.82 Å². The van der Waals surface area contributed by atoms with Crippen molar-refractivity contribution in [2.45, 2.75) is 61.4 Å². The Morgan fingerprint density at radius 1 is 0.818 bits per heavy atom. The Bertz CT molecular complexity index is 1580. The smallest absolute Gasteiger partial charge is 0.335 e. The number of hydrogen-bond donors (Lipinski definition) is 8. The highest BCUT2D eigenvalue weighted by Crippen LogP contribution is 2.34. The summed E-state index contributed by atoms with van der Waals surface area (Å²) in [7, 11) is 0. The molecule has 0 aliphatic carbocycles. The Hall–Kier alpha value is -4.20. The van der Waals surface area contributed by atoms with E-state index in [1.165, 1.54) is 24.3 Å². The maximum absolute atomic E-state index is 15.0. The van der Waals surface area contributed by atoms with Gasteiger partial charge in [-0.25, -0.2) is 19.0 Å². The van der Waals surface area contributed by atoms with Crippen LogP contribution in [0.15, 0.2) is 41.3 Å². The number of rotatable bonds is 8. The number of benzene rings is 2. The van der Waals surface area contributed by atoms with Gasteiger partial charge in [-0.1, -0.05) is 12.7 Å². The number of oxazole rings is 1. The van der Waals surface area contributed by atoms with Crippen LogP contribution in [0.4, 0.5) is 4.39 Å². The quantitative estimate of drug-likeness (QED) is 0.147. The number of aliphatic hydroxyl groups is 6. The number of nitrogens with zero attached hydrogens (tertiary/aromatic N) is 1. The third kappa shape index (κ3) is 5.70. The molecule has 3 heterocycles. The SMILES string of the molecule is C=Cc1cc(O[C@@H]2O[C@H](C(=O)O)[C@@H](O)[C@H](O)[C@H]2O)cc2nc(-c3ccc(O[C@@H]4O[C@H](C(=O)O)[C@@H](O)[C@H](O)[C@H]4O)c(F)c3)oc12. The lowest BCUT2D eigenvalue weighted by Crippen LogP contribution is -2.61. The van der Waals surface area contributed by atoms with Gasteiger partial charge in [0.05, 0.1) is 0 Å². The third-order valence-corrected chi connectivity index (χ3v) is 7.01. The zero-order valence-electron chi connectivity index (χ0n) is 22.2. The molecule has 44 heavy (non-hydrogen) atoms. The highest BCUT2D eigenvalue weighted by molar-refractivity contribution is 5.86. The summed E-state index contributed by atoms with van der Waals surface area (Å²) in [6.45, 7) is 3.68. The van der Waals surface area contributed by atoms with Crippen LogP contribution in [-0.4, -0.2) is 119 Å². The zero-order chi connectivity index (χ0) is 32.0. The minimum Gasteiger partial charge on any atom is -0.479 e. The van der Waals surface area contributed by atoms with Gasteiger partial charge in [-0.15, -0.1) is 0 Å². The van der Waals surface area contributed by atoms with E-state index < -0.39 is 84.9 Å². The van der Waals surface area contributed by atoms with Crippen LogP contribution in [-0.2, 0) is 19.1 Å². The molecule has 0 bridgehead atoms. The van der Waals surface area contributed by atoms with Gasteiger partial charge < -0.3 is 64.2 Å². The molecule has 10 atom stereocenters. The summed E-state index contributed by atoms with van der Waals surface area (Å²) in [5.41, 5.74) is 0.743. The summed E-state index contributed by atoms with van der Waals surface area (Å²) in [6.07, 6.45) is -17.4. The van der Waals surface area contributed by atoms with Crippen LogP contribution in [0.2, 0.25) is 0 Å². The summed E-state index contributed by atoms with van der Waals surface area (Å²) < 4.78 is 41.8. The topological polar surface area (TPSA) is 259 Å². The van der Waals surface area contributed by atoms with Gasteiger partial charge in [-0.2, -0.15) is 0 Å². The number of halogens is 1. The molecular formula is C27H26FNO15. The predicted molar refractivity (Wildman–Crippen MR) is 139 cm³/mol. The molecule has 0 unspecified atom stereocenters. The summed E-state index contributed by atoms with van der Waals surface area (Å²) in [5, 5.41) is 78.5. The van der Waals surface area contributed by atoms with E-state index in [-0.39, 0.29) is 28.3 Å². The van der Waals surface area contributed by atoms with Crippen LogP contribution < -0.4 is 9.47 Å². The Morgan fingerprint density at radius 3 is 1.91 bits per heavy atom. The van der Waals surface area contributed by atoms with E-state index in [2.05, 4.69) is 11.6 Å². The molecule has 2 fully saturated rings. The second-order valence-electron chi connectivity index (χ2n) is 9.93. The lowest BCUT2D eigenvalue weighted by Gasteiger charge is -2.38. The predicted octanol–water partition coefficient (Wildman–Crippen LogP) is -1.18. The van der Waals surface area contributed by atoms with Crippen molar-refractivity contribution in [3.63, 3.8) is 0 Å². The molecule has 1 aromatic heterocycles. The van der Waals surface area contributed by atoms with Gasteiger partial charge in [0.2, 0.25) is 18.5 Å². The third-order valence-electron chi connectivity index (χ3n) is 7.01. The van der Waals surface area contributed by atoms with Crippen molar-refractivity contribution in [2.24, 2.45) is 0 Å². The number of aliphatic hydroxyl groups excluding tert-OH is 6. The highest BCUT2D eigenvalue weighted by Gasteiger charge is 2.49. The number of carboxylic acids is 2. The summed E-state index contributed by atoms with van der Waals surface area (Å²) in [5.74, 6) is -4.85. The fourth-order valence-corrected chi connectivity index (χ4v) is 4.66. The molecule has 17 heteroatoms. The number of aromatic nitrogens is 1. The van der Waals surface area contributed by atoms with E-state index in [0.29, 0.717) is 5.56 Å². The minimum atomic E-state index is -1.96. The molecule has 0 amide bonds. The maximum Gasteiger partial charge on any atom is 0.335 e. The van der Waals surface area contributed by atoms with Crippen molar-refractivity contribution in [1.29, 1.82) is 0 Å². The van der Waals surface area contributed by atoms with E-state index >= 15 is 4.39 Å². The average molecular weight is 623 g/mol. The van der Waals surface area contributed by atoms with Gasteiger partial charge in [-0.3, -0.25) is 0 Å². The molecule has 0 saturated carbocycles. The first kappa shape index (κ1) is 31.2. The molecule has 2 aliphatic heterocycles. The Balaban J connectivity index is 1.38. The van der Waals surface area contributed by atoms with Gasteiger partial charge in [0.1, 0.15) is 47.9 Å². The monoisotopic (exact) mass is 623 g/mol. The lowest BCUT2D eigenvalue weighted by molar-refractivity contribution is -0.271. The first-order valence-electron chi connectivity index (χ1n) is 12.9. The second kappa shape index (κ2) is 12.1. The van der Waals surface area contributed by atoms with E-state index in [1.807, 2.05) is 0 Å². The van der Waals surface area contributed by atoms with Crippen LogP contribution in [0.5, 0.6) is 11.5 Å². The molecule has 5 rings (SSSR count). The fraction of sp³-hybridized carbons (Fsp3) is 0.370. The van der Waals surface area contributed by atoms with Crippen molar-refractivity contribution in [2.75, 3.05) is 0 Å². The lowest BCUT2D eigenvalue weighted by atomic mass is 9.99. The fourth-order valence-electron chi connectivity index (χ4n) is 4.66. The molecule has 0 spiro atoms. The van der Waals surface area contributed by atoms with Gasteiger partial charge in [-0.05, 0) is 24.3 Å². The Kier molecular flexibility index (Phi) is 8.56. The number of carbonyl (C=O) groups is 2. The summed E-state index contributed by atoms with van der Waals surface area (Å²) >= 11 is 0. The van der Waals surface area contributed by atoms with Crippen molar-refractivity contribution in [3.8, 4) is 23.0 Å². The highest BCUT2D eigenvalue weighted by atomic mass is 19.1. The largest absolute Gasteiger partial charge is 0.479 e. The standard InChI is InChI=1S/C27H26FNO15/c1-2-8-5-10(40-26-18(34)14(30)16(32)21(43-26)24(36)37)7-12-20(8)42-23(29-12)9-3-4-13(11(28)6-9)41-27-19(35)15(31)17(33)22(44-27)25(38)39/h2-7,14-19,21-22,26-27,30-35H,1H2,(H,36,37)(H,38,39)/t14-,15-,16-,17-,18+,19+,21-,22-,26+,27+/m0/s1. The molecule has 236 valence electrons. The normalized spacial score (nSPS) is 32.2. The molecule has 2 aromatic carbocycles. The van der Waals surface area contributed by atoms with Crippen molar-refractivity contribution in [1.82, 2.24) is 4.98 Å². The Morgan fingerprint density at radius 2 is 1.39 bits per heavy atom. The first-order valence-corrected chi connectivity index (χ1v) is 12.9. The van der Waals surface area contributed by atoms with Crippen LogP contribution in [0.25, 0.3) is 28.6 Å². The second-order valence-corrected chi connectivity index (χ2v) is 9.93. The summed E-state index contributed by atoms with van der Waals surface area (Å²) in [4.78, 5) is 27.0. The van der Waals surface area contributed by atoms with Gasteiger partial charge in [0.15, 0.2) is 29.4 Å². The average Bonchev–Trinajstić information content (AvgIpc) is 3.42. The molecule has 2 saturated heterocycles. The van der Waals surface area contributed by atoms with E-state index in [9.17, 15) is 50.4 Å². The van der Waals surface area contributed by atoms with Crippen molar-refractivity contribution < 1.29 is 78.2 Å². The Labute approximate surface area is 245 Å². The number of hydrogen-bond acceptors (Lipinski definition) is 14. The number of aliphatic carboxylic acids is 2. The van der Waals surface area contributed by atoms with Gasteiger partial charge >= 0.3 is 11.9 Å². The van der Waals surface area contributed by atoms with Crippen molar-refractivity contribution >= 4 is 29.1 Å². The molecule has 16 nitrogen and oxygen atoms in total. The molecule has 2 aliphatic rings. The number of ether oxygens (including phenoxy) is 4. The van der Waals surface area contributed by atoms with E-state index in [1.54, 1.807) is 0 Å². The molecule has 8 N–H and O–H groups in total. The molecule has 3 aromatic rings. The maximum atomic E-state index is 15.0. The van der Waals surface area contributed by atoms with E-state index in [0.717, 1.165) is 12.1 Å². The van der Waals surface area contributed by atoms with Gasteiger partial charge in [0, 0.05) is 17.2 Å². The van der Waals surface area contributed by atoms with Crippen LogP contribution in [0.1, 0.15) is 5.56 Å². The summed E-state index contributed by atoms with van der Waals surface area (Å²) in [6, 6.07) is 6.08. The minimum absolute atomic E-state index is 0.0167. The van der Waals surface area contributed by atoms with Crippen LogP contribution >= 0.6 is 0 Å². The number of fused-ring (bicyclic) bond motifs is 1. The van der Waals surface area contributed by atoms with Gasteiger partial charge in [0.25, 0.3) is 0 Å². The van der Waals surface area contributed by atoms with E-state index in [4.69, 9.17) is 23.4 Å².